The Morgan fingerprint density at radius 3 is 2.52 bits per heavy atom. The molecule has 0 aliphatic carbocycles. The summed E-state index contributed by atoms with van der Waals surface area (Å²) in [5.74, 6) is -0.798. The molecule has 2 aromatic carbocycles. The fourth-order valence-corrected chi connectivity index (χ4v) is 3.37. The van der Waals surface area contributed by atoms with Crippen LogP contribution >= 0.6 is 23.4 Å². The molecule has 0 unspecified atom stereocenters. The Morgan fingerprint density at radius 2 is 1.87 bits per heavy atom. The van der Waals surface area contributed by atoms with Crippen LogP contribution in [-0.4, -0.2) is 21.6 Å². The summed E-state index contributed by atoms with van der Waals surface area (Å²) in [4.78, 5) is 20.0. The van der Waals surface area contributed by atoms with Gasteiger partial charge in [-0.25, -0.2) is 9.97 Å². The number of aryl methyl sites for hydroxylation is 1. The van der Waals surface area contributed by atoms with Gasteiger partial charge in [-0.3, -0.25) is 4.79 Å². The van der Waals surface area contributed by atoms with E-state index in [9.17, 15) is 18.0 Å². The molecule has 0 radical (unpaired) electrons. The van der Waals surface area contributed by atoms with Gasteiger partial charge >= 0.3 is 6.18 Å². The smallest absolute Gasteiger partial charge is 0.324 e. The van der Waals surface area contributed by atoms with E-state index in [1.165, 1.54) is 18.2 Å². The third kappa shape index (κ3) is 5.96. The number of carbonyl (C=O) groups is 1. The van der Waals surface area contributed by atoms with Gasteiger partial charge in [-0.05, 0) is 31.2 Å². The van der Waals surface area contributed by atoms with Gasteiger partial charge in [-0.2, -0.15) is 18.4 Å². The number of nitrogens with one attached hydrogen (secondary N) is 1. The molecule has 0 aliphatic heterocycles. The van der Waals surface area contributed by atoms with Crippen molar-refractivity contribution in [3.63, 3.8) is 0 Å². The van der Waals surface area contributed by atoms with E-state index in [1.54, 1.807) is 24.3 Å². The van der Waals surface area contributed by atoms with E-state index >= 15 is 0 Å². The third-order valence-electron chi connectivity index (χ3n) is 4.05. The molecule has 5 nitrogen and oxygen atoms in total. The SMILES string of the molecule is Cc1ccc(-c2cc(C(F)(F)F)nc(SCC(=O)Nc3cc(Cl)ccc3C#N)n2)cc1. The molecule has 31 heavy (non-hydrogen) atoms. The summed E-state index contributed by atoms with van der Waals surface area (Å²) in [6.07, 6.45) is -4.66. The minimum absolute atomic E-state index is 0.104. The van der Waals surface area contributed by atoms with E-state index < -0.39 is 17.8 Å². The van der Waals surface area contributed by atoms with Gasteiger partial charge in [0, 0.05) is 10.6 Å². The predicted molar refractivity (Wildman–Crippen MR) is 113 cm³/mol. The van der Waals surface area contributed by atoms with E-state index in [2.05, 4.69) is 15.3 Å². The Morgan fingerprint density at radius 1 is 1.16 bits per heavy atom. The van der Waals surface area contributed by atoms with Gasteiger partial charge in [0.05, 0.1) is 22.7 Å². The highest BCUT2D eigenvalue weighted by Gasteiger charge is 2.34. The van der Waals surface area contributed by atoms with E-state index in [1.807, 2.05) is 13.0 Å². The van der Waals surface area contributed by atoms with E-state index in [0.29, 0.717) is 10.6 Å². The van der Waals surface area contributed by atoms with Crippen molar-refractivity contribution in [3.8, 4) is 17.3 Å². The zero-order chi connectivity index (χ0) is 22.6. The van der Waals surface area contributed by atoms with Crippen LogP contribution in [0.15, 0.2) is 53.7 Å². The van der Waals surface area contributed by atoms with Gasteiger partial charge in [-0.15, -0.1) is 0 Å². The molecular weight excluding hydrogens is 449 g/mol. The van der Waals surface area contributed by atoms with E-state index in [0.717, 1.165) is 23.4 Å². The van der Waals surface area contributed by atoms with Crippen molar-refractivity contribution < 1.29 is 18.0 Å². The maximum atomic E-state index is 13.3. The normalized spacial score (nSPS) is 11.1. The molecule has 1 amide bonds. The molecule has 0 spiro atoms. The van der Waals surface area contributed by atoms with Crippen LogP contribution < -0.4 is 5.32 Å². The van der Waals surface area contributed by atoms with Crippen LogP contribution in [0.5, 0.6) is 0 Å². The van der Waals surface area contributed by atoms with Crippen LogP contribution in [0.25, 0.3) is 11.3 Å². The first-order valence-electron chi connectivity index (χ1n) is 8.81. The molecule has 158 valence electrons. The molecule has 1 aromatic heterocycles. The van der Waals surface area contributed by atoms with Crippen molar-refractivity contribution >= 4 is 35.0 Å². The van der Waals surface area contributed by atoms with Crippen molar-refractivity contribution in [1.29, 1.82) is 5.26 Å². The highest BCUT2D eigenvalue weighted by molar-refractivity contribution is 7.99. The van der Waals surface area contributed by atoms with Crippen molar-refractivity contribution in [3.05, 3.63) is 70.4 Å². The summed E-state index contributed by atoms with van der Waals surface area (Å²) in [5.41, 5.74) is 0.889. The lowest BCUT2D eigenvalue weighted by Crippen LogP contribution is -2.16. The standard InChI is InChI=1S/C21H14ClF3N4OS/c1-12-2-4-13(5-3-12)17-9-18(21(23,24)25)29-20(28-17)31-11-19(30)27-16-8-15(22)7-6-14(16)10-26/h2-9H,11H2,1H3,(H,27,30). The highest BCUT2D eigenvalue weighted by atomic mass is 35.5. The molecule has 0 aliphatic rings. The molecule has 0 saturated heterocycles. The number of amides is 1. The topological polar surface area (TPSA) is 78.7 Å². The summed E-state index contributed by atoms with van der Waals surface area (Å²) < 4.78 is 39.9. The Balaban J connectivity index is 1.81. The van der Waals surface area contributed by atoms with Crippen LogP contribution in [-0.2, 0) is 11.0 Å². The maximum absolute atomic E-state index is 13.3. The number of anilines is 1. The molecule has 0 fully saturated rings. The largest absolute Gasteiger partial charge is 0.433 e. The number of carbonyl (C=O) groups excluding carboxylic acids is 1. The zero-order valence-electron chi connectivity index (χ0n) is 16.0. The summed E-state index contributed by atoms with van der Waals surface area (Å²) in [5, 5.41) is 11.8. The minimum Gasteiger partial charge on any atom is -0.324 e. The number of nitriles is 1. The number of rotatable bonds is 5. The summed E-state index contributed by atoms with van der Waals surface area (Å²) in [6, 6.07) is 14.0. The first-order chi connectivity index (χ1) is 14.7. The van der Waals surface area contributed by atoms with Crippen molar-refractivity contribution in [2.45, 2.75) is 18.3 Å². The Labute approximate surface area is 185 Å². The predicted octanol–water partition coefficient (Wildman–Crippen LogP) is 5.73. The summed E-state index contributed by atoms with van der Waals surface area (Å²) in [6.45, 7) is 1.86. The second-order valence-corrected chi connectivity index (χ2v) is 7.80. The number of hydrogen-bond acceptors (Lipinski definition) is 5. The minimum atomic E-state index is -4.66. The number of halogens is 4. The van der Waals surface area contributed by atoms with Crippen LogP contribution in [0.3, 0.4) is 0 Å². The van der Waals surface area contributed by atoms with Gasteiger partial charge in [0.15, 0.2) is 5.16 Å². The fourth-order valence-electron chi connectivity index (χ4n) is 2.54. The van der Waals surface area contributed by atoms with Crippen molar-refractivity contribution in [2.75, 3.05) is 11.1 Å². The highest BCUT2D eigenvalue weighted by Crippen LogP contribution is 2.32. The molecular formula is C21H14ClF3N4OS. The van der Waals surface area contributed by atoms with E-state index in [4.69, 9.17) is 16.9 Å². The number of aromatic nitrogens is 2. The average molecular weight is 463 g/mol. The van der Waals surface area contributed by atoms with Crippen LogP contribution in [0.2, 0.25) is 5.02 Å². The van der Waals surface area contributed by atoms with Gasteiger partial charge in [0.25, 0.3) is 0 Å². The van der Waals surface area contributed by atoms with Crippen LogP contribution in [0.4, 0.5) is 18.9 Å². The lowest BCUT2D eigenvalue weighted by atomic mass is 10.1. The Kier molecular flexibility index (Phi) is 6.83. The van der Waals surface area contributed by atoms with Crippen molar-refractivity contribution in [2.24, 2.45) is 0 Å². The van der Waals surface area contributed by atoms with Gasteiger partial charge in [-0.1, -0.05) is 53.2 Å². The average Bonchev–Trinajstić information content (AvgIpc) is 2.72. The lowest BCUT2D eigenvalue weighted by Gasteiger charge is -2.11. The lowest BCUT2D eigenvalue weighted by molar-refractivity contribution is -0.141. The van der Waals surface area contributed by atoms with Crippen LogP contribution in [0.1, 0.15) is 16.8 Å². The zero-order valence-corrected chi connectivity index (χ0v) is 17.6. The molecule has 1 heterocycles. The third-order valence-corrected chi connectivity index (χ3v) is 5.13. The van der Waals surface area contributed by atoms with Crippen molar-refractivity contribution in [1.82, 2.24) is 9.97 Å². The number of thioether (sulfide) groups is 1. The fraction of sp³-hybridized carbons (Fsp3) is 0.143. The second-order valence-electron chi connectivity index (χ2n) is 6.42. The number of hydrogen-bond donors (Lipinski definition) is 1. The molecule has 3 rings (SSSR count). The molecule has 3 aromatic rings. The first kappa shape index (κ1) is 22.6. The molecule has 0 atom stereocenters. The summed E-state index contributed by atoms with van der Waals surface area (Å²) in [7, 11) is 0. The molecule has 0 saturated carbocycles. The van der Waals surface area contributed by atoms with Gasteiger partial charge in [0.2, 0.25) is 5.91 Å². The first-order valence-corrected chi connectivity index (χ1v) is 10.2. The number of nitrogens with zero attached hydrogens (tertiary/aromatic N) is 3. The van der Waals surface area contributed by atoms with Gasteiger partial charge < -0.3 is 5.32 Å². The Bertz CT molecular complexity index is 1160. The quantitative estimate of drug-likeness (QED) is 0.387. The van der Waals surface area contributed by atoms with E-state index in [-0.39, 0.29) is 27.9 Å². The second kappa shape index (κ2) is 9.37. The van der Waals surface area contributed by atoms with Gasteiger partial charge in [0.1, 0.15) is 11.8 Å². The molecule has 0 bridgehead atoms. The summed E-state index contributed by atoms with van der Waals surface area (Å²) >= 11 is 6.64. The number of alkyl halides is 3. The maximum Gasteiger partial charge on any atom is 0.433 e. The molecule has 10 heteroatoms. The number of benzene rings is 2. The van der Waals surface area contributed by atoms with Crippen LogP contribution in [0, 0.1) is 18.3 Å². The molecule has 1 N–H and O–H groups in total. The monoisotopic (exact) mass is 462 g/mol. The Hall–Kier alpha value is -3.09.